The number of benzene rings is 2. The van der Waals surface area contributed by atoms with Gasteiger partial charge in [-0.2, -0.15) is 0 Å². The van der Waals surface area contributed by atoms with E-state index in [0.717, 1.165) is 17.1 Å². The molecule has 1 aliphatic heterocycles. The van der Waals surface area contributed by atoms with Crippen molar-refractivity contribution in [1.82, 2.24) is 0 Å². The molecule has 0 spiro atoms. The lowest BCUT2D eigenvalue weighted by Gasteiger charge is -2.44. The average Bonchev–Trinajstić information content (AvgIpc) is 2.61. The van der Waals surface area contributed by atoms with E-state index >= 15 is 0 Å². The summed E-state index contributed by atoms with van der Waals surface area (Å²) in [4.78, 5) is 18.4. The highest BCUT2D eigenvalue weighted by atomic mass is 35.5. The van der Waals surface area contributed by atoms with Gasteiger partial charge in [0.1, 0.15) is 11.8 Å². The summed E-state index contributed by atoms with van der Waals surface area (Å²) >= 11 is 5.87. The van der Waals surface area contributed by atoms with Crippen LogP contribution >= 0.6 is 11.6 Å². The topological polar surface area (TPSA) is 51.1 Å². The second kappa shape index (κ2) is 7.03. The van der Waals surface area contributed by atoms with E-state index in [1.165, 1.54) is 7.11 Å². The van der Waals surface area contributed by atoms with Gasteiger partial charge in [-0.3, -0.25) is 14.7 Å². The van der Waals surface area contributed by atoms with Crippen molar-refractivity contribution in [3.63, 3.8) is 0 Å². The number of hydrogen-bond acceptors (Lipinski definition) is 4. The van der Waals surface area contributed by atoms with Gasteiger partial charge < -0.3 is 9.47 Å². The molecular weight excluding hydrogens is 328 g/mol. The molecule has 6 heteroatoms. The van der Waals surface area contributed by atoms with Crippen molar-refractivity contribution in [3.05, 3.63) is 53.6 Å². The Kier molecular flexibility index (Phi) is 4.83. The van der Waals surface area contributed by atoms with Crippen LogP contribution in [0.3, 0.4) is 0 Å². The first-order valence-corrected chi connectivity index (χ1v) is 7.81. The maximum Gasteiger partial charge on any atom is 0.259 e. The zero-order valence-corrected chi connectivity index (χ0v) is 14.1. The molecule has 0 bridgehead atoms. The number of nitrogens with zero attached hydrogens (tertiary/aromatic N) is 2. The maximum atomic E-state index is 12.3. The van der Waals surface area contributed by atoms with Gasteiger partial charge in [0.25, 0.3) is 5.91 Å². The zero-order valence-electron chi connectivity index (χ0n) is 13.3. The Balaban J connectivity index is 1.82. The van der Waals surface area contributed by atoms with Crippen LogP contribution in [-0.2, 0) is 9.53 Å². The summed E-state index contributed by atoms with van der Waals surface area (Å²) in [5.74, 6) is 0.650. The first-order chi connectivity index (χ1) is 11.6. The molecule has 2 aromatic carbocycles. The van der Waals surface area contributed by atoms with Gasteiger partial charge in [-0.1, -0.05) is 11.6 Å². The minimum absolute atomic E-state index is 0.0878. The second-order valence-corrected chi connectivity index (χ2v) is 5.74. The van der Waals surface area contributed by atoms with Crippen molar-refractivity contribution in [2.45, 2.75) is 12.1 Å². The average molecular weight is 345 g/mol. The van der Waals surface area contributed by atoms with E-state index in [9.17, 15) is 4.79 Å². The van der Waals surface area contributed by atoms with E-state index in [0.29, 0.717) is 5.02 Å². The van der Waals surface area contributed by atoms with E-state index in [-0.39, 0.29) is 11.9 Å². The molecule has 1 heterocycles. The minimum atomic E-state index is -0.525. The first-order valence-electron chi connectivity index (χ1n) is 7.43. The number of anilines is 1. The molecule has 24 heavy (non-hydrogen) atoms. The Bertz CT molecular complexity index is 744. The molecule has 1 saturated heterocycles. The van der Waals surface area contributed by atoms with Gasteiger partial charge in [-0.15, -0.1) is 0 Å². The molecule has 0 radical (unpaired) electrons. The molecular formula is C18H17ClN2O3. The number of rotatable bonds is 5. The largest absolute Gasteiger partial charge is 0.497 e. The Hall–Kier alpha value is -2.37. The second-order valence-electron chi connectivity index (χ2n) is 5.31. The van der Waals surface area contributed by atoms with Crippen LogP contribution in [-0.4, -0.2) is 38.5 Å². The molecule has 0 aliphatic carbocycles. The standard InChI is InChI=1S/C18H17ClN2O3/c1-23-15-9-7-14(8-10-15)21-16(17(24-2)18(21)22)11-20-13-5-3-12(19)4-6-13/h3-11,16-17H,1-2H3/t16-,17+/m0/s1. The van der Waals surface area contributed by atoms with Crippen molar-refractivity contribution in [2.24, 2.45) is 4.99 Å². The maximum absolute atomic E-state index is 12.3. The van der Waals surface area contributed by atoms with E-state index in [2.05, 4.69) is 4.99 Å². The third-order valence-corrected chi connectivity index (χ3v) is 4.15. The number of carbonyl (C=O) groups excluding carboxylic acids is 1. The van der Waals surface area contributed by atoms with Crippen molar-refractivity contribution >= 4 is 35.1 Å². The Morgan fingerprint density at radius 2 is 1.75 bits per heavy atom. The van der Waals surface area contributed by atoms with Crippen LogP contribution in [0.15, 0.2) is 53.5 Å². The third kappa shape index (κ3) is 3.13. The fourth-order valence-electron chi connectivity index (χ4n) is 2.60. The summed E-state index contributed by atoms with van der Waals surface area (Å²) in [7, 11) is 3.13. The van der Waals surface area contributed by atoms with Gasteiger partial charge in [0.05, 0.1) is 12.8 Å². The number of ether oxygens (including phenoxy) is 2. The molecule has 1 amide bonds. The summed E-state index contributed by atoms with van der Waals surface area (Å²) in [6.07, 6.45) is 1.20. The molecule has 3 rings (SSSR count). The van der Waals surface area contributed by atoms with Gasteiger partial charge in [-0.25, -0.2) is 0 Å². The number of β-lactam (4-membered cyclic amide) rings is 1. The number of halogens is 1. The van der Waals surface area contributed by atoms with Crippen molar-refractivity contribution in [3.8, 4) is 5.75 Å². The lowest BCUT2D eigenvalue weighted by molar-refractivity contribution is -0.136. The van der Waals surface area contributed by atoms with E-state index in [1.807, 2.05) is 36.4 Å². The number of amides is 1. The highest BCUT2D eigenvalue weighted by Gasteiger charge is 2.47. The van der Waals surface area contributed by atoms with Crippen molar-refractivity contribution in [2.75, 3.05) is 19.1 Å². The molecule has 1 fully saturated rings. The van der Waals surface area contributed by atoms with Gasteiger partial charge in [0, 0.05) is 24.0 Å². The summed E-state index contributed by atoms with van der Waals surface area (Å²) in [6, 6.07) is 14.2. The number of hydrogen-bond donors (Lipinski definition) is 0. The predicted octanol–water partition coefficient (Wildman–Crippen LogP) is 3.48. The molecule has 2 atom stereocenters. The smallest absolute Gasteiger partial charge is 0.259 e. The molecule has 0 N–H and O–H groups in total. The van der Waals surface area contributed by atoms with Gasteiger partial charge in [0.2, 0.25) is 0 Å². The van der Waals surface area contributed by atoms with Crippen LogP contribution in [0.5, 0.6) is 5.75 Å². The van der Waals surface area contributed by atoms with Crippen molar-refractivity contribution in [1.29, 1.82) is 0 Å². The normalized spacial score (nSPS) is 20.3. The molecule has 2 aromatic rings. The molecule has 0 aromatic heterocycles. The number of carbonyl (C=O) groups is 1. The zero-order chi connectivity index (χ0) is 17.1. The van der Waals surface area contributed by atoms with Crippen LogP contribution in [0.25, 0.3) is 0 Å². The van der Waals surface area contributed by atoms with Crippen molar-refractivity contribution < 1.29 is 14.3 Å². The number of methoxy groups -OCH3 is 2. The molecule has 1 aliphatic rings. The van der Waals surface area contributed by atoms with Gasteiger partial charge in [0.15, 0.2) is 6.10 Å². The van der Waals surface area contributed by atoms with Crippen LogP contribution in [0.4, 0.5) is 11.4 Å². The van der Waals surface area contributed by atoms with Crippen LogP contribution < -0.4 is 9.64 Å². The van der Waals surface area contributed by atoms with Crippen LogP contribution in [0.1, 0.15) is 0 Å². The fourth-order valence-corrected chi connectivity index (χ4v) is 2.73. The Morgan fingerprint density at radius 3 is 2.33 bits per heavy atom. The van der Waals surface area contributed by atoms with Gasteiger partial charge in [-0.05, 0) is 48.5 Å². The summed E-state index contributed by atoms with van der Waals surface area (Å²) < 4.78 is 10.4. The highest BCUT2D eigenvalue weighted by Crippen LogP contribution is 2.30. The van der Waals surface area contributed by atoms with Crippen LogP contribution in [0.2, 0.25) is 5.02 Å². The molecule has 0 saturated carbocycles. The molecule has 5 nitrogen and oxygen atoms in total. The quantitative estimate of drug-likeness (QED) is 0.616. The lowest BCUT2D eigenvalue weighted by atomic mass is 9.97. The summed E-state index contributed by atoms with van der Waals surface area (Å²) in [5, 5.41) is 0.655. The number of aliphatic imine (C=N–C) groups is 1. The first kappa shape index (κ1) is 16.5. The van der Waals surface area contributed by atoms with Crippen LogP contribution in [0, 0.1) is 0 Å². The Labute approximate surface area is 145 Å². The van der Waals surface area contributed by atoms with E-state index < -0.39 is 6.10 Å². The minimum Gasteiger partial charge on any atom is -0.497 e. The lowest BCUT2D eigenvalue weighted by Crippen LogP contribution is -2.66. The molecule has 124 valence electrons. The molecule has 0 unspecified atom stereocenters. The fraction of sp³-hybridized carbons (Fsp3) is 0.222. The summed E-state index contributed by atoms with van der Waals surface area (Å²) in [6.45, 7) is 0. The Morgan fingerprint density at radius 1 is 1.08 bits per heavy atom. The SMILES string of the molecule is COc1ccc(N2C(=O)[C@H](OC)[C@@H]2C=Nc2ccc(Cl)cc2)cc1. The monoisotopic (exact) mass is 344 g/mol. The van der Waals surface area contributed by atoms with Gasteiger partial charge >= 0.3 is 0 Å². The third-order valence-electron chi connectivity index (χ3n) is 3.90. The van der Waals surface area contributed by atoms with E-state index in [1.54, 1.807) is 30.4 Å². The summed E-state index contributed by atoms with van der Waals surface area (Å²) in [5.41, 5.74) is 1.55. The predicted molar refractivity (Wildman–Crippen MR) is 94.7 cm³/mol. The van der Waals surface area contributed by atoms with E-state index in [4.69, 9.17) is 21.1 Å². The highest BCUT2D eigenvalue weighted by molar-refractivity contribution is 6.30.